The first-order chi connectivity index (χ1) is 13.8. The van der Waals surface area contributed by atoms with Crippen molar-refractivity contribution >= 4 is 16.6 Å². The number of likely N-dealkylation sites (N-methyl/N-ethyl adjacent to an activating group) is 1. The molecule has 0 saturated heterocycles. The predicted octanol–water partition coefficient (Wildman–Crippen LogP) is 2.86. The van der Waals surface area contributed by atoms with Crippen LogP contribution in [0, 0.1) is 5.82 Å². The number of halogens is 1. The molecular weight excluding hydrogens is 373 g/mol. The summed E-state index contributed by atoms with van der Waals surface area (Å²) in [5, 5.41) is 0.834. The number of ether oxygens (including phenoxy) is 1. The number of hydrogen-bond donors (Lipinski definition) is 2. The summed E-state index contributed by atoms with van der Waals surface area (Å²) in [4.78, 5) is 29.7. The fourth-order valence-electron chi connectivity index (χ4n) is 3.13. The number of aromatic amines is 1. The Bertz CT molecular complexity index is 1110. The van der Waals surface area contributed by atoms with Gasteiger partial charge >= 0.3 is 0 Å². The lowest BCUT2D eigenvalue weighted by Crippen LogP contribution is -2.20. The van der Waals surface area contributed by atoms with Crippen LogP contribution in [0.2, 0.25) is 0 Å². The molecule has 3 N–H and O–H groups in total. The molecule has 0 radical (unpaired) electrons. The van der Waals surface area contributed by atoms with Crippen molar-refractivity contribution in [3.8, 4) is 5.75 Å². The van der Waals surface area contributed by atoms with Crippen LogP contribution in [0.5, 0.6) is 5.75 Å². The summed E-state index contributed by atoms with van der Waals surface area (Å²) in [6.07, 6.45) is 1.47. The third kappa shape index (κ3) is 4.36. The molecule has 1 atom stereocenters. The van der Waals surface area contributed by atoms with Crippen LogP contribution in [0.4, 0.5) is 4.39 Å². The molecule has 0 amide bonds. The fourth-order valence-corrected chi connectivity index (χ4v) is 3.13. The van der Waals surface area contributed by atoms with Gasteiger partial charge in [-0.3, -0.25) is 9.59 Å². The molecule has 0 fully saturated rings. The van der Waals surface area contributed by atoms with Gasteiger partial charge in [0.1, 0.15) is 18.2 Å². The molecule has 0 bridgehead atoms. The minimum atomic E-state index is -0.677. The quantitative estimate of drug-likeness (QED) is 0.599. The summed E-state index contributed by atoms with van der Waals surface area (Å²) < 4.78 is 20.7. The second kappa shape index (κ2) is 8.55. The van der Waals surface area contributed by atoms with Crippen LogP contribution in [0.3, 0.4) is 0 Å². The molecule has 7 heteroatoms. The van der Waals surface area contributed by atoms with Crippen LogP contribution >= 0.6 is 0 Å². The van der Waals surface area contributed by atoms with E-state index in [1.54, 1.807) is 31.2 Å². The topological polar surface area (TPSA) is 88.4 Å². The van der Waals surface area contributed by atoms with Gasteiger partial charge in [-0.25, -0.2) is 4.39 Å². The van der Waals surface area contributed by atoms with E-state index in [0.29, 0.717) is 35.2 Å². The number of rotatable bonds is 7. The highest BCUT2D eigenvalue weighted by atomic mass is 19.1. The number of H-pyrrole nitrogens is 1. The molecule has 3 aromatic rings. The van der Waals surface area contributed by atoms with E-state index in [2.05, 4.69) is 4.98 Å². The fraction of sp³-hybridized carbons (Fsp3) is 0.273. The minimum absolute atomic E-state index is 0.123. The first-order valence-corrected chi connectivity index (χ1v) is 9.31. The van der Waals surface area contributed by atoms with Gasteiger partial charge in [-0.1, -0.05) is 12.1 Å². The molecule has 29 heavy (non-hydrogen) atoms. The Kier molecular flexibility index (Phi) is 6.10. The molecule has 0 aliphatic heterocycles. The van der Waals surface area contributed by atoms with E-state index >= 15 is 0 Å². The van der Waals surface area contributed by atoms with Crippen molar-refractivity contribution in [2.75, 3.05) is 27.2 Å². The zero-order valence-corrected chi connectivity index (χ0v) is 16.7. The maximum absolute atomic E-state index is 14.8. The van der Waals surface area contributed by atoms with E-state index in [1.807, 2.05) is 19.0 Å². The van der Waals surface area contributed by atoms with Crippen LogP contribution in [-0.2, 0) is 0 Å². The minimum Gasteiger partial charge on any atom is -0.492 e. The second-order valence-corrected chi connectivity index (χ2v) is 7.21. The van der Waals surface area contributed by atoms with Gasteiger partial charge in [-0.15, -0.1) is 0 Å². The van der Waals surface area contributed by atoms with Gasteiger partial charge < -0.3 is 20.4 Å². The van der Waals surface area contributed by atoms with Crippen molar-refractivity contribution in [1.29, 1.82) is 0 Å². The Morgan fingerprint density at radius 3 is 2.66 bits per heavy atom. The average Bonchev–Trinajstić information content (AvgIpc) is 2.68. The zero-order chi connectivity index (χ0) is 21.1. The molecule has 0 saturated carbocycles. The van der Waals surface area contributed by atoms with Gasteiger partial charge in [0.15, 0.2) is 5.78 Å². The van der Waals surface area contributed by atoms with E-state index in [1.165, 1.54) is 18.3 Å². The Morgan fingerprint density at radius 2 is 1.97 bits per heavy atom. The summed E-state index contributed by atoms with van der Waals surface area (Å²) in [6, 6.07) is 8.63. The molecule has 2 aromatic carbocycles. The van der Waals surface area contributed by atoms with Crippen LogP contribution in [0.15, 0.2) is 47.4 Å². The summed E-state index contributed by atoms with van der Waals surface area (Å²) in [5.74, 6) is -0.818. The van der Waals surface area contributed by atoms with E-state index in [4.69, 9.17) is 10.5 Å². The van der Waals surface area contributed by atoms with Crippen molar-refractivity contribution in [2.45, 2.75) is 13.0 Å². The molecule has 1 unspecified atom stereocenters. The van der Waals surface area contributed by atoms with E-state index in [0.717, 1.165) is 0 Å². The highest BCUT2D eigenvalue weighted by molar-refractivity contribution is 6.16. The third-order valence-corrected chi connectivity index (χ3v) is 4.69. The lowest BCUT2D eigenvalue weighted by Gasteiger charge is -2.17. The number of benzene rings is 2. The Hall–Kier alpha value is -3.03. The highest BCUT2D eigenvalue weighted by Crippen LogP contribution is 2.30. The molecular formula is C22H24FN3O3. The second-order valence-electron chi connectivity index (χ2n) is 7.21. The van der Waals surface area contributed by atoms with Crippen LogP contribution in [0.1, 0.15) is 34.5 Å². The molecule has 3 rings (SSSR count). The predicted molar refractivity (Wildman–Crippen MR) is 111 cm³/mol. The molecule has 1 aromatic heterocycles. The monoisotopic (exact) mass is 397 g/mol. The number of fused-ring (bicyclic) bond motifs is 1. The number of hydrogen-bond acceptors (Lipinski definition) is 5. The number of aromatic nitrogens is 1. The number of pyridine rings is 1. The van der Waals surface area contributed by atoms with Crippen LogP contribution in [-0.4, -0.2) is 42.9 Å². The van der Waals surface area contributed by atoms with Crippen LogP contribution in [0.25, 0.3) is 10.8 Å². The molecule has 0 aliphatic rings. The molecule has 0 spiro atoms. The van der Waals surface area contributed by atoms with Crippen molar-refractivity contribution in [3.63, 3.8) is 0 Å². The van der Waals surface area contributed by atoms with Gasteiger partial charge in [-0.05, 0) is 50.7 Å². The van der Waals surface area contributed by atoms with Gasteiger partial charge in [0, 0.05) is 35.3 Å². The first kappa shape index (κ1) is 20.7. The van der Waals surface area contributed by atoms with Crippen molar-refractivity contribution in [1.82, 2.24) is 9.88 Å². The summed E-state index contributed by atoms with van der Waals surface area (Å²) in [6.45, 7) is 2.76. The number of carbonyl (C=O) groups excluding carboxylic acids is 1. The third-order valence-electron chi connectivity index (χ3n) is 4.69. The Balaban J connectivity index is 2.07. The van der Waals surface area contributed by atoms with Crippen molar-refractivity contribution in [3.05, 3.63) is 75.5 Å². The largest absolute Gasteiger partial charge is 0.492 e. The normalized spacial score (nSPS) is 12.3. The first-order valence-electron chi connectivity index (χ1n) is 9.31. The van der Waals surface area contributed by atoms with Gasteiger partial charge in [0.2, 0.25) is 0 Å². The van der Waals surface area contributed by atoms with Gasteiger partial charge in [-0.2, -0.15) is 0 Å². The lowest BCUT2D eigenvalue weighted by molar-refractivity contribution is 0.103. The number of nitrogens with two attached hydrogens (primary N) is 1. The maximum Gasteiger partial charge on any atom is 0.255 e. The standard InChI is InChI=1S/C22H24FN3O3/c1-13(24)17-11-19(23)18(12-20(17)29-10-9-26(2)3)21(27)15-5-4-6-16-14(15)7-8-25-22(16)28/h4-8,11-13H,9-10,24H2,1-3H3,(H,25,28). The molecule has 0 aliphatic carbocycles. The molecule has 1 heterocycles. The molecule has 152 valence electrons. The van der Waals surface area contributed by atoms with Crippen LogP contribution < -0.4 is 16.0 Å². The number of ketones is 1. The average molecular weight is 397 g/mol. The van der Waals surface area contributed by atoms with Crippen molar-refractivity contribution in [2.24, 2.45) is 5.73 Å². The Labute approximate surface area is 168 Å². The summed E-state index contributed by atoms with van der Waals surface area (Å²) >= 11 is 0. The maximum atomic E-state index is 14.8. The number of nitrogens with one attached hydrogen (secondary N) is 1. The SMILES string of the molecule is CC(N)c1cc(F)c(C(=O)c2cccc3c(=O)[nH]ccc23)cc1OCCN(C)C. The van der Waals surface area contributed by atoms with E-state index in [9.17, 15) is 14.0 Å². The molecule has 6 nitrogen and oxygen atoms in total. The van der Waals surface area contributed by atoms with Gasteiger partial charge in [0.25, 0.3) is 5.56 Å². The summed E-state index contributed by atoms with van der Waals surface area (Å²) in [5.41, 5.74) is 6.28. The Morgan fingerprint density at radius 1 is 1.21 bits per heavy atom. The highest BCUT2D eigenvalue weighted by Gasteiger charge is 2.21. The van der Waals surface area contributed by atoms with Crippen molar-refractivity contribution < 1.29 is 13.9 Å². The number of carbonyl (C=O) groups is 1. The zero-order valence-electron chi connectivity index (χ0n) is 16.7. The summed E-state index contributed by atoms with van der Waals surface area (Å²) in [7, 11) is 3.83. The van der Waals surface area contributed by atoms with Gasteiger partial charge in [0.05, 0.1) is 5.56 Å². The smallest absolute Gasteiger partial charge is 0.255 e. The lowest BCUT2D eigenvalue weighted by atomic mass is 9.95. The van der Waals surface area contributed by atoms with E-state index < -0.39 is 17.6 Å². The number of nitrogens with zero attached hydrogens (tertiary/aromatic N) is 1. The van der Waals surface area contributed by atoms with E-state index in [-0.39, 0.29) is 16.7 Å².